The Labute approximate surface area is 108 Å². The summed E-state index contributed by atoms with van der Waals surface area (Å²) in [7, 11) is 0. The molecule has 5 heteroatoms. The van der Waals surface area contributed by atoms with Crippen LogP contribution in [0, 0.1) is 0 Å². The van der Waals surface area contributed by atoms with Gasteiger partial charge in [0.1, 0.15) is 11.2 Å². The zero-order chi connectivity index (χ0) is 13.3. The first-order valence-corrected chi connectivity index (χ1v) is 5.60. The van der Waals surface area contributed by atoms with Gasteiger partial charge in [-0.2, -0.15) is 0 Å². The maximum atomic E-state index is 11.0. The minimum Gasteiger partial charge on any atom is -0.478 e. The summed E-state index contributed by atoms with van der Waals surface area (Å²) in [4.78, 5) is 11.0. The molecule has 0 spiro atoms. The van der Waals surface area contributed by atoms with Crippen molar-refractivity contribution in [3.05, 3.63) is 58.5 Å². The van der Waals surface area contributed by atoms with E-state index in [0.29, 0.717) is 10.6 Å². The molecule has 0 aliphatic rings. The lowest BCUT2D eigenvalue weighted by Crippen LogP contribution is -2.24. The molecule has 0 radical (unpaired) electrons. The van der Waals surface area contributed by atoms with Crippen molar-refractivity contribution in [2.75, 3.05) is 0 Å². The van der Waals surface area contributed by atoms with Crippen LogP contribution in [0.3, 0.4) is 0 Å². The molecule has 0 saturated heterocycles. The minimum absolute atomic E-state index is 0.00248. The predicted octanol–water partition coefficient (Wildman–Crippen LogP) is 2.89. The molecule has 1 unspecified atom stereocenters. The second kappa shape index (κ2) is 4.48. The van der Waals surface area contributed by atoms with Gasteiger partial charge in [0.05, 0.1) is 6.26 Å². The Balaban J connectivity index is 2.50. The van der Waals surface area contributed by atoms with Crippen molar-refractivity contribution in [2.45, 2.75) is 12.5 Å². The van der Waals surface area contributed by atoms with Crippen molar-refractivity contribution in [2.24, 2.45) is 0 Å². The van der Waals surface area contributed by atoms with E-state index in [1.807, 2.05) is 0 Å². The highest BCUT2D eigenvalue weighted by Gasteiger charge is 2.33. The van der Waals surface area contributed by atoms with Crippen LogP contribution < -0.4 is 0 Å². The number of hydrogen-bond acceptors (Lipinski definition) is 3. The smallest absolute Gasteiger partial charge is 0.339 e. The first-order valence-electron chi connectivity index (χ1n) is 5.22. The number of halogens is 1. The molecular formula is C13H11ClO4. The van der Waals surface area contributed by atoms with E-state index in [4.69, 9.17) is 21.1 Å². The Morgan fingerprint density at radius 1 is 1.28 bits per heavy atom. The van der Waals surface area contributed by atoms with Crippen molar-refractivity contribution < 1.29 is 19.4 Å². The van der Waals surface area contributed by atoms with E-state index in [1.165, 1.54) is 19.3 Å². The quantitative estimate of drug-likeness (QED) is 0.896. The average Bonchev–Trinajstić information content (AvgIpc) is 2.79. The molecule has 1 aromatic carbocycles. The first kappa shape index (κ1) is 12.7. The average molecular weight is 267 g/mol. The molecule has 0 saturated carbocycles. The van der Waals surface area contributed by atoms with E-state index in [1.54, 1.807) is 24.3 Å². The van der Waals surface area contributed by atoms with Crippen molar-refractivity contribution >= 4 is 17.6 Å². The second-order valence-electron chi connectivity index (χ2n) is 4.05. The van der Waals surface area contributed by atoms with Gasteiger partial charge < -0.3 is 14.6 Å². The lowest BCUT2D eigenvalue weighted by Gasteiger charge is -2.22. The highest BCUT2D eigenvalue weighted by molar-refractivity contribution is 6.30. The second-order valence-corrected chi connectivity index (χ2v) is 4.48. The van der Waals surface area contributed by atoms with Gasteiger partial charge in [0.15, 0.2) is 5.76 Å². The highest BCUT2D eigenvalue weighted by Crippen LogP contribution is 2.32. The standard InChI is InChI=1S/C13H11ClO4/c1-13(17,8-2-4-9(14)5-3-8)11-10(12(15)16)6-7-18-11/h2-7,17H,1H3,(H,15,16). The number of carboxylic acid groups (broad SMARTS) is 1. The largest absolute Gasteiger partial charge is 0.478 e. The number of hydrogen-bond donors (Lipinski definition) is 2. The summed E-state index contributed by atoms with van der Waals surface area (Å²) in [6, 6.07) is 7.79. The lowest BCUT2D eigenvalue weighted by atomic mass is 9.91. The number of aromatic carboxylic acids is 1. The van der Waals surface area contributed by atoms with E-state index in [0.717, 1.165) is 0 Å². The molecule has 18 heavy (non-hydrogen) atoms. The van der Waals surface area contributed by atoms with Gasteiger partial charge in [-0.1, -0.05) is 23.7 Å². The van der Waals surface area contributed by atoms with Gasteiger partial charge in [0, 0.05) is 5.02 Å². The Morgan fingerprint density at radius 3 is 2.44 bits per heavy atom. The van der Waals surface area contributed by atoms with Crippen LogP contribution in [0.15, 0.2) is 41.0 Å². The van der Waals surface area contributed by atoms with E-state index in [9.17, 15) is 9.90 Å². The van der Waals surface area contributed by atoms with E-state index < -0.39 is 11.6 Å². The molecule has 1 heterocycles. The zero-order valence-electron chi connectivity index (χ0n) is 9.55. The molecule has 94 valence electrons. The topological polar surface area (TPSA) is 70.7 Å². The maximum absolute atomic E-state index is 11.0. The SMILES string of the molecule is CC(O)(c1ccc(Cl)cc1)c1occc1C(=O)O. The van der Waals surface area contributed by atoms with E-state index >= 15 is 0 Å². The Kier molecular flexibility index (Phi) is 3.15. The third-order valence-corrected chi connectivity index (χ3v) is 3.00. The van der Waals surface area contributed by atoms with E-state index in [2.05, 4.69) is 0 Å². The monoisotopic (exact) mass is 266 g/mol. The molecule has 0 aliphatic heterocycles. The number of benzene rings is 1. The molecule has 0 aliphatic carbocycles. The summed E-state index contributed by atoms with van der Waals surface area (Å²) in [5.74, 6) is -1.15. The summed E-state index contributed by atoms with van der Waals surface area (Å²) in [5, 5.41) is 20.0. The van der Waals surface area contributed by atoms with Crippen LogP contribution >= 0.6 is 11.6 Å². The Bertz CT molecular complexity index is 569. The van der Waals surface area contributed by atoms with Gasteiger partial charge in [0.25, 0.3) is 0 Å². The van der Waals surface area contributed by atoms with Gasteiger partial charge in [-0.05, 0) is 30.7 Å². The fourth-order valence-electron chi connectivity index (χ4n) is 1.76. The lowest BCUT2D eigenvalue weighted by molar-refractivity contribution is 0.0615. The van der Waals surface area contributed by atoms with Crippen molar-refractivity contribution in [3.8, 4) is 0 Å². The molecule has 1 atom stereocenters. The Morgan fingerprint density at radius 2 is 1.89 bits per heavy atom. The van der Waals surface area contributed by atoms with Gasteiger partial charge in [-0.25, -0.2) is 4.79 Å². The van der Waals surface area contributed by atoms with Crippen molar-refractivity contribution in [1.82, 2.24) is 0 Å². The summed E-state index contributed by atoms with van der Waals surface area (Å²) in [5.41, 5.74) is -1.08. The number of aliphatic hydroxyl groups is 1. The highest BCUT2D eigenvalue weighted by atomic mass is 35.5. The number of rotatable bonds is 3. The maximum Gasteiger partial charge on any atom is 0.339 e. The Hall–Kier alpha value is -1.78. The van der Waals surface area contributed by atoms with Crippen LogP contribution in [0.25, 0.3) is 0 Å². The molecule has 0 fully saturated rings. The molecule has 0 amide bonds. The number of carbonyl (C=O) groups is 1. The number of furan rings is 1. The molecule has 2 N–H and O–H groups in total. The van der Waals surface area contributed by atoms with Crippen LogP contribution in [-0.4, -0.2) is 16.2 Å². The van der Waals surface area contributed by atoms with Crippen molar-refractivity contribution in [3.63, 3.8) is 0 Å². The van der Waals surface area contributed by atoms with Gasteiger partial charge in [-0.15, -0.1) is 0 Å². The summed E-state index contributed by atoms with van der Waals surface area (Å²) < 4.78 is 5.11. The van der Waals surface area contributed by atoms with E-state index in [-0.39, 0.29) is 11.3 Å². The van der Waals surface area contributed by atoms with Crippen LogP contribution in [-0.2, 0) is 5.60 Å². The summed E-state index contributed by atoms with van der Waals surface area (Å²) in [6.45, 7) is 1.47. The fraction of sp³-hybridized carbons (Fsp3) is 0.154. The molecule has 2 aromatic rings. The number of carboxylic acids is 1. The third-order valence-electron chi connectivity index (χ3n) is 2.74. The normalized spacial score (nSPS) is 14.2. The predicted molar refractivity (Wildman–Crippen MR) is 65.8 cm³/mol. The zero-order valence-corrected chi connectivity index (χ0v) is 10.3. The molecular weight excluding hydrogens is 256 g/mol. The summed E-state index contributed by atoms with van der Waals surface area (Å²) in [6.07, 6.45) is 1.24. The molecule has 2 rings (SSSR count). The first-order chi connectivity index (χ1) is 8.43. The summed E-state index contributed by atoms with van der Waals surface area (Å²) >= 11 is 5.77. The van der Waals surface area contributed by atoms with Gasteiger partial charge in [-0.3, -0.25) is 0 Å². The van der Waals surface area contributed by atoms with Crippen LogP contribution in [0.4, 0.5) is 0 Å². The van der Waals surface area contributed by atoms with Gasteiger partial charge >= 0.3 is 5.97 Å². The van der Waals surface area contributed by atoms with Gasteiger partial charge in [0.2, 0.25) is 0 Å². The fourth-order valence-corrected chi connectivity index (χ4v) is 1.89. The molecule has 1 aromatic heterocycles. The van der Waals surface area contributed by atoms with Crippen molar-refractivity contribution in [1.29, 1.82) is 0 Å². The molecule has 0 bridgehead atoms. The third kappa shape index (κ3) is 2.12. The van der Waals surface area contributed by atoms with Crippen LogP contribution in [0.1, 0.15) is 28.6 Å². The molecule has 4 nitrogen and oxygen atoms in total. The minimum atomic E-state index is -1.53. The van der Waals surface area contributed by atoms with Crippen LogP contribution in [0.5, 0.6) is 0 Å². The van der Waals surface area contributed by atoms with Crippen LogP contribution in [0.2, 0.25) is 5.02 Å².